The maximum atomic E-state index is 6.31. The lowest BCUT2D eigenvalue weighted by Gasteiger charge is -2.07. The number of halogens is 1. The van der Waals surface area contributed by atoms with Crippen molar-refractivity contribution in [3.8, 4) is 0 Å². The van der Waals surface area contributed by atoms with Gasteiger partial charge in [0.2, 0.25) is 0 Å². The molecule has 0 atom stereocenters. The van der Waals surface area contributed by atoms with Crippen LogP contribution in [0.2, 0.25) is 5.02 Å². The van der Waals surface area contributed by atoms with Crippen molar-refractivity contribution >= 4 is 23.4 Å². The van der Waals surface area contributed by atoms with E-state index >= 15 is 0 Å². The Labute approximate surface area is 121 Å². The Morgan fingerprint density at radius 1 is 1.32 bits per heavy atom. The Balaban J connectivity index is 1.67. The molecule has 2 aromatic rings. The molecule has 0 amide bonds. The third-order valence-corrected chi connectivity index (χ3v) is 4.21. The predicted octanol–water partition coefficient (Wildman–Crippen LogP) is 3.53. The van der Waals surface area contributed by atoms with Crippen molar-refractivity contribution in [3.63, 3.8) is 0 Å². The number of hydrogen-bond donors (Lipinski definition) is 1. The van der Waals surface area contributed by atoms with E-state index in [0.717, 1.165) is 27.1 Å². The van der Waals surface area contributed by atoms with Crippen molar-refractivity contribution in [2.45, 2.75) is 35.3 Å². The Kier molecular flexibility index (Phi) is 4.01. The summed E-state index contributed by atoms with van der Waals surface area (Å²) in [5.74, 6) is 0. The SMILES string of the molecule is Clc1cc(Sc2cnccn2)ccc1CNC1CC1. The van der Waals surface area contributed by atoms with Crippen LogP contribution in [0.1, 0.15) is 18.4 Å². The number of aromatic nitrogens is 2. The van der Waals surface area contributed by atoms with E-state index in [-0.39, 0.29) is 0 Å². The predicted molar refractivity (Wildman–Crippen MR) is 77.5 cm³/mol. The molecule has 0 unspecified atom stereocenters. The van der Waals surface area contributed by atoms with Crippen molar-refractivity contribution in [2.75, 3.05) is 0 Å². The topological polar surface area (TPSA) is 37.8 Å². The van der Waals surface area contributed by atoms with Crippen molar-refractivity contribution < 1.29 is 0 Å². The molecule has 98 valence electrons. The fraction of sp³-hybridized carbons (Fsp3) is 0.286. The van der Waals surface area contributed by atoms with Crippen LogP contribution in [0.5, 0.6) is 0 Å². The second-order valence-corrected chi connectivity index (χ2v) is 6.06. The van der Waals surface area contributed by atoms with Crippen LogP contribution >= 0.6 is 23.4 Å². The minimum absolute atomic E-state index is 0.699. The first-order valence-electron chi connectivity index (χ1n) is 6.27. The zero-order valence-corrected chi connectivity index (χ0v) is 11.9. The molecule has 1 aromatic heterocycles. The molecule has 0 aliphatic heterocycles. The van der Waals surface area contributed by atoms with Gasteiger partial charge in [-0.1, -0.05) is 29.4 Å². The zero-order chi connectivity index (χ0) is 13.1. The molecule has 0 spiro atoms. The molecule has 3 nitrogen and oxygen atoms in total. The highest BCUT2D eigenvalue weighted by Gasteiger charge is 2.20. The molecule has 0 bridgehead atoms. The number of benzene rings is 1. The summed E-state index contributed by atoms with van der Waals surface area (Å²) in [6.45, 7) is 0.847. The molecule has 0 saturated heterocycles. The van der Waals surface area contributed by atoms with Gasteiger partial charge in [-0.15, -0.1) is 0 Å². The van der Waals surface area contributed by atoms with Gasteiger partial charge in [-0.3, -0.25) is 4.98 Å². The van der Waals surface area contributed by atoms with Gasteiger partial charge in [-0.05, 0) is 30.5 Å². The van der Waals surface area contributed by atoms with Crippen LogP contribution in [-0.4, -0.2) is 16.0 Å². The smallest absolute Gasteiger partial charge is 0.119 e. The van der Waals surface area contributed by atoms with Crippen LogP contribution < -0.4 is 5.32 Å². The van der Waals surface area contributed by atoms with Gasteiger partial charge < -0.3 is 5.32 Å². The molecule has 5 heteroatoms. The van der Waals surface area contributed by atoms with Gasteiger partial charge in [0.05, 0.1) is 6.20 Å². The Bertz CT molecular complexity index is 558. The molecule has 1 N–H and O–H groups in total. The quantitative estimate of drug-likeness (QED) is 0.914. The number of rotatable bonds is 5. The van der Waals surface area contributed by atoms with Gasteiger partial charge in [-0.25, -0.2) is 4.98 Å². The van der Waals surface area contributed by atoms with E-state index in [9.17, 15) is 0 Å². The van der Waals surface area contributed by atoms with E-state index in [4.69, 9.17) is 11.6 Å². The number of nitrogens with one attached hydrogen (secondary N) is 1. The Morgan fingerprint density at radius 3 is 2.89 bits per heavy atom. The molecular formula is C14H14ClN3S. The molecule has 19 heavy (non-hydrogen) atoms. The lowest BCUT2D eigenvalue weighted by molar-refractivity contribution is 0.687. The molecule has 1 fully saturated rings. The van der Waals surface area contributed by atoms with Gasteiger partial charge in [0.25, 0.3) is 0 Å². The van der Waals surface area contributed by atoms with E-state index in [2.05, 4.69) is 27.4 Å². The minimum Gasteiger partial charge on any atom is -0.310 e. The minimum atomic E-state index is 0.699. The maximum Gasteiger partial charge on any atom is 0.119 e. The van der Waals surface area contributed by atoms with Crippen LogP contribution in [-0.2, 0) is 6.54 Å². The van der Waals surface area contributed by atoms with Gasteiger partial charge in [0.15, 0.2) is 0 Å². The van der Waals surface area contributed by atoms with Gasteiger partial charge in [-0.2, -0.15) is 0 Å². The van der Waals surface area contributed by atoms with Crippen molar-refractivity contribution in [1.29, 1.82) is 0 Å². The summed E-state index contributed by atoms with van der Waals surface area (Å²) in [6.07, 6.45) is 7.69. The zero-order valence-electron chi connectivity index (χ0n) is 10.3. The number of nitrogens with zero attached hydrogens (tertiary/aromatic N) is 2. The Hall–Kier alpha value is -1.10. The summed E-state index contributed by atoms with van der Waals surface area (Å²) >= 11 is 7.88. The van der Waals surface area contributed by atoms with Crippen molar-refractivity contribution in [1.82, 2.24) is 15.3 Å². The summed E-state index contributed by atoms with van der Waals surface area (Å²) < 4.78 is 0. The molecule has 3 rings (SSSR count). The second kappa shape index (κ2) is 5.90. The monoisotopic (exact) mass is 291 g/mol. The van der Waals surface area contributed by atoms with Crippen molar-refractivity contribution in [3.05, 3.63) is 47.4 Å². The molecule has 1 aliphatic carbocycles. The normalized spacial score (nSPS) is 14.6. The third kappa shape index (κ3) is 3.69. The van der Waals surface area contributed by atoms with Crippen LogP contribution in [0.3, 0.4) is 0 Å². The summed E-state index contributed by atoms with van der Waals surface area (Å²) in [4.78, 5) is 9.37. The van der Waals surface area contributed by atoms with Gasteiger partial charge in [0.1, 0.15) is 5.03 Å². The molecule has 1 heterocycles. The van der Waals surface area contributed by atoms with E-state index in [1.54, 1.807) is 30.4 Å². The molecular weight excluding hydrogens is 278 g/mol. The van der Waals surface area contributed by atoms with Gasteiger partial charge >= 0.3 is 0 Å². The summed E-state index contributed by atoms with van der Waals surface area (Å²) in [5, 5.41) is 5.15. The van der Waals surface area contributed by atoms with Crippen molar-refractivity contribution in [2.24, 2.45) is 0 Å². The number of hydrogen-bond acceptors (Lipinski definition) is 4. The summed E-state index contributed by atoms with van der Waals surface area (Å²) in [7, 11) is 0. The molecule has 0 radical (unpaired) electrons. The summed E-state index contributed by atoms with van der Waals surface area (Å²) in [5.41, 5.74) is 1.15. The Morgan fingerprint density at radius 2 is 2.21 bits per heavy atom. The largest absolute Gasteiger partial charge is 0.310 e. The first-order valence-corrected chi connectivity index (χ1v) is 7.46. The van der Waals surface area contributed by atoms with Crippen LogP contribution in [0.4, 0.5) is 0 Å². The second-order valence-electron chi connectivity index (χ2n) is 4.55. The van der Waals surface area contributed by atoms with E-state index in [1.807, 2.05) is 6.07 Å². The van der Waals surface area contributed by atoms with Crippen LogP contribution in [0, 0.1) is 0 Å². The molecule has 1 saturated carbocycles. The summed E-state index contributed by atoms with van der Waals surface area (Å²) in [6, 6.07) is 6.85. The van der Waals surface area contributed by atoms with E-state index in [0.29, 0.717) is 6.04 Å². The average Bonchev–Trinajstić information content (AvgIpc) is 3.23. The fourth-order valence-corrected chi connectivity index (χ4v) is 2.83. The van der Waals surface area contributed by atoms with Gasteiger partial charge in [0, 0.05) is 34.9 Å². The highest BCUT2D eigenvalue weighted by Crippen LogP contribution is 2.29. The maximum absolute atomic E-state index is 6.31. The lowest BCUT2D eigenvalue weighted by atomic mass is 10.2. The van der Waals surface area contributed by atoms with Crippen LogP contribution in [0.15, 0.2) is 46.7 Å². The standard InChI is InChI=1S/C14H14ClN3S/c15-13-7-12(19-14-9-16-5-6-17-14)4-1-10(13)8-18-11-2-3-11/h1,4-7,9,11,18H,2-3,8H2. The first kappa shape index (κ1) is 12.9. The molecule has 1 aromatic carbocycles. The highest BCUT2D eigenvalue weighted by atomic mass is 35.5. The van der Waals surface area contributed by atoms with Crippen LogP contribution in [0.25, 0.3) is 0 Å². The average molecular weight is 292 g/mol. The highest BCUT2D eigenvalue weighted by molar-refractivity contribution is 7.99. The first-order chi connectivity index (χ1) is 9.31. The van der Waals surface area contributed by atoms with E-state index in [1.165, 1.54) is 12.8 Å². The molecule has 1 aliphatic rings. The lowest BCUT2D eigenvalue weighted by Crippen LogP contribution is -2.15. The fourth-order valence-electron chi connectivity index (χ4n) is 1.74. The third-order valence-electron chi connectivity index (χ3n) is 2.94. The van der Waals surface area contributed by atoms with E-state index < -0.39 is 0 Å².